The van der Waals surface area contributed by atoms with Gasteiger partial charge in [-0.2, -0.15) is 0 Å². The zero-order valence-electron chi connectivity index (χ0n) is 13.3. The number of carbonyl (C=O) groups is 1. The number of para-hydroxylation sites is 1. The molecule has 6 heteroatoms. The number of benzene rings is 1. The van der Waals surface area contributed by atoms with Crippen LogP contribution in [-0.4, -0.2) is 41.5 Å². The van der Waals surface area contributed by atoms with Crippen LogP contribution in [0, 0.1) is 10.1 Å². The van der Waals surface area contributed by atoms with Crippen molar-refractivity contribution < 1.29 is 14.5 Å². The maximum absolute atomic E-state index is 12.0. The van der Waals surface area contributed by atoms with Crippen LogP contribution in [0.3, 0.4) is 0 Å². The predicted molar refractivity (Wildman–Crippen MR) is 88.0 cm³/mol. The second-order valence-corrected chi connectivity index (χ2v) is 5.48. The summed E-state index contributed by atoms with van der Waals surface area (Å²) in [6.07, 6.45) is 6.50. The van der Waals surface area contributed by atoms with E-state index in [2.05, 4.69) is 4.90 Å². The second kappa shape index (κ2) is 8.43. The fourth-order valence-electron chi connectivity index (χ4n) is 2.82. The topological polar surface area (TPSA) is 72.7 Å². The van der Waals surface area contributed by atoms with Crippen LogP contribution in [-0.2, 0) is 9.53 Å². The highest BCUT2D eigenvalue weighted by molar-refractivity contribution is 5.76. The van der Waals surface area contributed by atoms with Gasteiger partial charge in [-0.05, 0) is 32.4 Å². The third-order valence-corrected chi connectivity index (χ3v) is 3.94. The van der Waals surface area contributed by atoms with Gasteiger partial charge in [-0.15, -0.1) is 0 Å². The summed E-state index contributed by atoms with van der Waals surface area (Å²) in [5.41, 5.74) is 0.659. The average Bonchev–Trinajstić information content (AvgIpc) is 2.56. The van der Waals surface area contributed by atoms with Gasteiger partial charge < -0.3 is 4.74 Å². The number of hydrogen-bond acceptors (Lipinski definition) is 5. The highest BCUT2D eigenvalue weighted by Gasteiger charge is 2.28. The molecule has 1 heterocycles. The molecule has 1 aliphatic heterocycles. The molecule has 0 aromatic heterocycles. The summed E-state index contributed by atoms with van der Waals surface area (Å²) in [4.78, 5) is 24.7. The van der Waals surface area contributed by atoms with Crippen molar-refractivity contribution in [2.75, 3.05) is 19.7 Å². The Morgan fingerprint density at radius 3 is 2.96 bits per heavy atom. The molecule has 124 valence electrons. The Balaban J connectivity index is 2.03. The molecule has 1 saturated heterocycles. The number of nitro benzene ring substituents is 1. The number of ether oxygens (including phenoxy) is 1. The van der Waals surface area contributed by atoms with Gasteiger partial charge in [0.15, 0.2) is 0 Å². The Morgan fingerprint density at radius 2 is 2.22 bits per heavy atom. The normalized spacial score (nSPS) is 18.9. The van der Waals surface area contributed by atoms with Gasteiger partial charge in [-0.25, -0.2) is 0 Å². The van der Waals surface area contributed by atoms with E-state index in [-0.39, 0.29) is 22.6 Å². The van der Waals surface area contributed by atoms with Crippen molar-refractivity contribution in [3.05, 3.63) is 46.0 Å². The molecule has 1 aliphatic rings. The van der Waals surface area contributed by atoms with Crippen LogP contribution < -0.4 is 0 Å². The molecule has 0 radical (unpaired) electrons. The van der Waals surface area contributed by atoms with Gasteiger partial charge in [-0.1, -0.05) is 30.7 Å². The predicted octanol–water partition coefficient (Wildman–Crippen LogP) is 3.03. The summed E-state index contributed by atoms with van der Waals surface area (Å²) >= 11 is 0. The van der Waals surface area contributed by atoms with Crippen LogP contribution in [0.1, 0.15) is 31.7 Å². The van der Waals surface area contributed by atoms with E-state index in [1.165, 1.54) is 6.07 Å². The van der Waals surface area contributed by atoms with Crippen molar-refractivity contribution in [2.45, 2.75) is 32.2 Å². The first-order valence-corrected chi connectivity index (χ1v) is 7.94. The number of nitro groups is 1. The minimum Gasteiger partial charge on any atom is -0.465 e. The first-order chi connectivity index (χ1) is 11.1. The van der Waals surface area contributed by atoms with Crippen molar-refractivity contribution in [3.63, 3.8) is 0 Å². The highest BCUT2D eigenvalue weighted by atomic mass is 16.6. The third kappa shape index (κ3) is 4.63. The van der Waals surface area contributed by atoms with Crippen LogP contribution >= 0.6 is 0 Å². The van der Waals surface area contributed by atoms with E-state index in [4.69, 9.17) is 4.74 Å². The van der Waals surface area contributed by atoms with Crippen molar-refractivity contribution in [1.29, 1.82) is 0 Å². The molecular formula is C17H22N2O4. The van der Waals surface area contributed by atoms with E-state index >= 15 is 0 Å². The van der Waals surface area contributed by atoms with Crippen LogP contribution in [0.5, 0.6) is 0 Å². The van der Waals surface area contributed by atoms with Crippen molar-refractivity contribution >= 4 is 17.7 Å². The SMILES string of the molecule is CCOC(=O)[C@@H]1CCCCN1C/C=C/c1ccccc1[N+](=O)[O-]. The van der Waals surface area contributed by atoms with Crippen LogP contribution in [0.25, 0.3) is 6.08 Å². The fourth-order valence-corrected chi connectivity index (χ4v) is 2.82. The van der Waals surface area contributed by atoms with E-state index in [1.54, 1.807) is 31.2 Å². The first kappa shape index (κ1) is 17.1. The minimum absolute atomic E-state index is 0.0873. The van der Waals surface area contributed by atoms with E-state index in [1.807, 2.05) is 6.08 Å². The van der Waals surface area contributed by atoms with Gasteiger partial charge in [0.25, 0.3) is 5.69 Å². The lowest BCUT2D eigenvalue weighted by Crippen LogP contribution is -2.45. The second-order valence-electron chi connectivity index (χ2n) is 5.48. The summed E-state index contributed by atoms with van der Waals surface area (Å²) in [6, 6.07) is 6.42. The molecule has 0 amide bonds. The zero-order chi connectivity index (χ0) is 16.7. The van der Waals surface area contributed by atoms with E-state index in [0.717, 1.165) is 25.8 Å². The minimum atomic E-state index is -0.387. The molecule has 6 nitrogen and oxygen atoms in total. The molecule has 1 aromatic carbocycles. The van der Waals surface area contributed by atoms with E-state index in [0.29, 0.717) is 18.7 Å². The summed E-state index contributed by atoms with van der Waals surface area (Å²) in [7, 11) is 0. The van der Waals surface area contributed by atoms with Crippen molar-refractivity contribution in [2.24, 2.45) is 0 Å². The summed E-state index contributed by atoms with van der Waals surface area (Å²) in [5.74, 6) is -0.175. The Morgan fingerprint density at radius 1 is 1.43 bits per heavy atom. The van der Waals surface area contributed by atoms with Crippen LogP contribution in [0.15, 0.2) is 30.3 Å². The Hall–Kier alpha value is -2.21. The highest BCUT2D eigenvalue weighted by Crippen LogP contribution is 2.21. The molecule has 1 atom stereocenters. The maximum atomic E-state index is 12.0. The molecule has 1 fully saturated rings. The monoisotopic (exact) mass is 318 g/mol. The summed E-state index contributed by atoms with van der Waals surface area (Å²) in [6.45, 7) is 3.61. The van der Waals surface area contributed by atoms with Crippen molar-refractivity contribution in [3.8, 4) is 0 Å². The average molecular weight is 318 g/mol. The molecule has 0 unspecified atom stereocenters. The van der Waals surface area contributed by atoms with Gasteiger partial charge in [0.05, 0.1) is 17.1 Å². The van der Waals surface area contributed by atoms with Gasteiger partial charge in [0, 0.05) is 12.6 Å². The number of hydrogen-bond donors (Lipinski definition) is 0. The van der Waals surface area contributed by atoms with Gasteiger partial charge in [0.2, 0.25) is 0 Å². The number of piperidine rings is 1. The molecule has 0 spiro atoms. The lowest BCUT2D eigenvalue weighted by molar-refractivity contribution is -0.385. The fraction of sp³-hybridized carbons (Fsp3) is 0.471. The van der Waals surface area contributed by atoms with Gasteiger partial charge in [-0.3, -0.25) is 19.8 Å². The largest absolute Gasteiger partial charge is 0.465 e. The van der Waals surface area contributed by atoms with Crippen LogP contribution in [0.4, 0.5) is 5.69 Å². The van der Waals surface area contributed by atoms with Gasteiger partial charge >= 0.3 is 5.97 Å². The molecule has 1 aromatic rings. The third-order valence-electron chi connectivity index (χ3n) is 3.94. The zero-order valence-corrected chi connectivity index (χ0v) is 13.3. The van der Waals surface area contributed by atoms with Gasteiger partial charge in [0.1, 0.15) is 6.04 Å². The number of carbonyl (C=O) groups excluding carboxylic acids is 1. The molecule has 0 bridgehead atoms. The first-order valence-electron chi connectivity index (χ1n) is 7.94. The quantitative estimate of drug-likeness (QED) is 0.458. The molecular weight excluding hydrogens is 296 g/mol. The molecule has 0 N–H and O–H groups in total. The number of rotatable bonds is 6. The molecule has 0 aliphatic carbocycles. The summed E-state index contributed by atoms with van der Waals surface area (Å²) < 4.78 is 5.13. The molecule has 23 heavy (non-hydrogen) atoms. The van der Waals surface area contributed by atoms with Crippen molar-refractivity contribution in [1.82, 2.24) is 4.90 Å². The Bertz CT molecular complexity index is 586. The Labute approximate surface area is 135 Å². The molecule has 0 saturated carbocycles. The smallest absolute Gasteiger partial charge is 0.323 e. The van der Waals surface area contributed by atoms with E-state index in [9.17, 15) is 14.9 Å². The molecule has 2 rings (SSSR count). The summed E-state index contributed by atoms with van der Waals surface area (Å²) in [5, 5.41) is 11.0. The Kier molecular flexibility index (Phi) is 6.29. The number of esters is 1. The lowest BCUT2D eigenvalue weighted by Gasteiger charge is -2.33. The standard InChI is InChI=1S/C17H22N2O4/c1-2-23-17(20)16-11-5-6-12-18(16)13-7-9-14-8-3-4-10-15(14)19(21)22/h3-4,7-10,16H,2,5-6,11-13H2,1H3/b9-7+/t16-/m0/s1. The van der Waals surface area contributed by atoms with Crippen LogP contribution in [0.2, 0.25) is 0 Å². The number of nitrogens with zero attached hydrogens (tertiary/aromatic N) is 2. The lowest BCUT2D eigenvalue weighted by atomic mass is 10.0. The number of likely N-dealkylation sites (tertiary alicyclic amines) is 1. The maximum Gasteiger partial charge on any atom is 0.323 e. The van der Waals surface area contributed by atoms with E-state index < -0.39 is 0 Å².